The third kappa shape index (κ3) is 2.83. The van der Waals surface area contributed by atoms with Crippen molar-refractivity contribution in [3.63, 3.8) is 0 Å². The number of hydrogen-bond acceptors (Lipinski definition) is 5. The van der Waals surface area contributed by atoms with Crippen molar-refractivity contribution in [1.29, 1.82) is 0 Å². The van der Waals surface area contributed by atoms with E-state index in [0.717, 1.165) is 11.1 Å². The van der Waals surface area contributed by atoms with Gasteiger partial charge in [-0.3, -0.25) is 4.79 Å². The summed E-state index contributed by atoms with van der Waals surface area (Å²) in [6.07, 6.45) is 9.21. The highest BCUT2D eigenvalue weighted by atomic mass is 16.5. The van der Waals surface area contributed by atoms with Gasteiger partial charge in [0.05, 0.1) is 13.7 Å². The molecule has 5 nitrogen and oxygen atoms in total. The molecule has 0 atom stereocenters. The summed E-state index contributed by atoms with van der Waals surface area (Å²) in [6.45, 7) is -0.244. The lowest BCUT2D eigenvalue weighted by molar-refractivity contribution is -0.111. The van der Waals surface area contributed by atoms with E-state index >= 15 is 0 Å². The summed E-state index contributed by atoms with van der Waals surface area (Å²) in [6, 6.07) is 0. The van der Waals surface area contributed by atoms with Crippen LogP contribution in [0.1, 0.15) is 25.7 Å². The molecule has 3 rings (SSSR count). The molecule has 1 saturated carbocycles. The number of methoxy groups -OCH3 is 1. The van der Waals surface area contributed by atoms with E-state index in [4.69, 9.17) is 4.74 Å². The van der Waals surface area contributed by atoms with Crippen LogP contribution < -0.4 is 0 Å². The molecule has 1 fully saturated rings. The summed E-state index contributed by atoms with van der Waals surface area (Å²) in [5.74, 6) is 0.714. The number of hydrogen-bond donors (Lipinski definition) is 3. The molecule has 3 aliphatic carbocycles. The maximum absolute atomic E-state index is 12.6. The van der Waals surface area contributed by atoms with E-state index in [0.29, 0.717) is 48.2 Å². The second-order valence-electron chi connectivity index (χ2n) is 5.96. The Kier molecular flexibility index (Phi) is 4.44. The van der Waals surface area contributed by atoms with Gasteiger partial charge in [-0.1, -0.05) is 12.2 Å². The summed E-state index contributed by atoms with van der Waals surface area (Å²) < 4.78 is 5.18. The molecular formula is C19H20O5. The van der Waals surface area contributed by atoms with E-state index in [2.05, 4.69) is 0 Å². The fourth-order valence-corrected chi connectivity index (χ4v) is 3.22. The molecule has 0 aromatic rings. The normalized spacial score (nSPS) is 24.5. The molecule has 0 heterocycles. The van der Waals surface area contributed by atoms with Crippen LogP contribution in [-0.2, 0) is 9.53 Å². The second-order valence-corrected chi connectivity index (χ2v) is 5.96. The lowest BCUT2D eigenvalue weighted by atomic mass is 10.0. The van der Waals surface area contributed by atoms with E-state index < -0.39 is 0 Å². The first-order valence-corrected chi connectivity index (χ1v) is 7.90. The fraction of sp³-hybridized carbons (Fsp3) is 0.316. The standard InChI is InChI=1S/C19H20O5/c1-24-19-14(5-7-17(19)22)9-13-3-2-12(18(13)23)8-11-4-6-16(21)15(11)10-20/h4-5,8-9,20-22H,2-3,6-7,10H2,1H3/b12-8+,13-9+. The number of rotatable bonds is 4. The zero-order valence-corrected chi connectivity index (χ0v) is 13.5. The molecule has 0 spiro atoms. The summed E-state index contributed by atoms with van der Waals surface area (Å²) in [4.78, 5) is 12.6. The summed E-state index contributed by atoms with van der Waals surface area (Å²) >= 11 is 0. The Morgan fingerprint density at radius 3 is 2.25 bits per heavy atom. The molecule has 0 bridgehead atoms. The molecule has 0 aromatic carbocycles. The van der Waals surface area contributed by atoms with E-state index in [1.165, 1.54) is 7.11 Å². The molecule has 0 unspecified atom stereocenters. The maximum atomic E-state index is 12.6. The zero-order valence-electron chi connectivity index (χ0n) is 13.5. The van der Waals surface area contributed by atoms with Crippen LogP contribution in [0.5, 0.6) is 0 Å². The van der Waals surface area contributed by atoms with Crippen LogP contribution in [0, 0.1) is 0 Å². The molecule has 3 aliphatic rings. The molecular weight excluding hydrogens is 308 g/mol. The number of Topliss-reactive ketones (excluding diaryl/α,β-unsaturated/α-hetero) is 1. The molecule has 5 heteroatoms. The molecule has 24 heavy (non-hydrogen) atoms. The smallest absolute Gasteiger partial charge is 0.185 e. The Labute approximate surface area is 140 Å². The average Bonchev–Trinajstić information content (AvgIpc) is 3.21. The molecule has 0 radical (unpaired) electrons. The average molecular weight is 328 g/mol. The Hall–Kier alpha value is -2.53. The van der Waals surface area contributed by atoms with Crippen molar-refractivity contribution in [2.24, 2.45) is 0 Å². The van der Waals surface area contributed by atoms with Gasteiger partial charge in [-0.15, -0.1) is 0 Å². The Bertz CT molecular complexity index is 708. The Morgan fingerprint density at radius 1 is 1.04 bits per heavy atom. The van der Waals surface area contributed by atoms with Gasteiger partial charge < -0.3 is 20.1 Å². The van der Waals surface area contributed by atoms with Gasteiger partial charge in [0.1, 0.15) is 11.5 Å². The first kappa shape index (κ1) is 16.3. The Balaban J connectivity index is 1.82. The lowest BCUT2D eigenvalue weighted by Gasteiger charge is -2.05. The number of ether oxygens (including phenoxy) is 1. The van der Waals surface area contributed by atoms with Gasteiger partial charge in [-0.05, 0) is 30.6 Å². The third-order valence-electron chi connectivity index (χ3n) is 4.52. The Morgan fingerprint density at radius 2 is 1.62 bits per heavy atom. The topological polar surface area (TPSA) is 87.0 Å². The van der Waals surface area contributed by atoms with Crippen LogP contribution in [0.3, 0.4) is 0 Å². The highest BCUT2D eigenvalue weighted by molar-refractivity contribution is 6.11. The van der Waals surface area contributed by atoms with Crippen molar-refractivity contribution in [2.45, 2.75) is 25.7 Å². The molecule has 126 valence electrons. The molecule has 0 aliphatic heterocycles. The van der Waals surface area contributed by atoms with E-state index in [-0.39, 0.29) is 23.9 Å². The van der Waals surface area contributed by atoms with Crippen molar-refractivity contribution in [1.82, 2.24) is 0 Å². The van der Waals surface area contributed by atoms with Gasteiger partial charge in [-0.2, -0.15) is 0 Å². The van der Waals surface area contributed by atoms with E-state index in [1.807, 2.05) is 12.2 Å². The summed E-state index contributed by atoms with van der Waals surface area (Å²) in [5.41, 5.74) is 3.27. The number of ketones is 1. The van der Waals surface area contributed by atoms with Gasteiger partial charge in [0.2, 0.25) is 0 Å². The number of carbonyl (C=O) groups is 1. The van der Waals surface area contributed by atoms with Crippen LogP contribution in [-0.4, -0.2) is 34.8 Å². The predicted molar refractivity (Wildman–Crippen MR) is 89.2 cm³/mol. The second kappa shape index (κ2) is 6.53. The third-order valence-corrected chi connectivity index (χ3v) is 4.52. The van der Waals surface area contributed by atoms with Crippen LogP contribution in [0.25, 0.3) is 0 Å². The van der Waals surface area contributed by atoms with Crippen molar-refractivity contribution in [3.8, 4) is 0 Å². The number of aliphatic hydroxyl groups is 3. The maximum Gasteiger partial charge on any atom is 0.185 e. The van der Waals surface area contributed by atoms with Gasteiger partial charge in [0.15, 0.2) is 11.5 Å². The first-order valence-electron chi connectivity index (χ1n) is 7.90. The minimum Gasteiger partial charge on any atom is -0.512 e. The highest BCUT2D eigenvalue weighted by Crippen LogP contribution is 2.34. The van der Waals surface area contributed by atoms with Crippen LogP contribution >= 0.6 is 0 Å². The van der Waals surface area contributed by atoms with Crippen LogP contribution in [0.2, 0.25) is 0 Å². The largest absolute Gasteiger partial charge is 0.512 e. The molecule has 0 saturated heterocycles. The molecule has 3 N–H and O–H groups in total. The number of carbonyl (C=O) groups excluding carboxylic acids is 1. The van der Waals surface area contributed by atoms with Crippen LogP contribution in [0.4, 0.5) is 0 Å². The highest BCUT2D eigenvalue weighted by Gasteiger charge is 2.26. The van der Waals surface area contributed by atoms with Crippen molar-refractivity contribution in [2.75, 3.05) is 13.7 Å². The van der Waals surface area contributed by atoms with Gasteiger partial charge in [0.25, 0.3) is 0 Å². The van der Waals surface area contributed by atoms with Crippen molar-refractivity contribution < 1.29 is 24.9 Å². The lowest BCUT2D eigenvalue weighted by Crippen LogP contribution is -2.00. The summed E-state index contributed by atoms with van der Waals surface area (Å²) in [5, 5.41) is 28.8. The van der Waals surface area contributed by atoms with Gasteiger partial charge >= 0.3 is 0 Å². The number of aliphatic hydroxyl groups excluding tert-OH is 3. The first-order chi connectivity index (χ1) is 11.5. The van der Waals surface area contributed by atoms with Crippen molar-refractivity contribution in [3.05, 3.63) is 69.4 Å². The SMILES string of the molecule is COC1=C(O)CC=C1/C=C1\CC/C(=C\C2=CCC(O)=C2CO)C1=O. The van der Waals surface area contributed by atoms with Crippen molar-refractivity contribution >= 4 is 5.78 Å². The minimum absolute atomic E-state index is 0.0395. The van der Waals surface area contributed by atoms with Gasteiger partial charge in [0, 0.05) is 35.1 Å². The van der Waals surface area contributed by atoms with Crippen LogP contribution in [0.15, 0.2) is 69.4 Å². The monoisotopic (exact) mass is 328 g/mol. The quantitative estimate of drug-likeness (QED) is 0.690. The fourth-order valence-electron chi connectivity index (χ4n) is 3.22. The summed E-state index contributed by atoms with van der Waals surface area (Å²) in [7, 11) is 1.49. The zero-order chi connectivity index (χ0) is 17.3. The van der Waals surface area contributed by atoms with Gasteiger partial charge in [-0.25, -0.2) is 0 Å². The molecule has 0 amide bonds. The number of allylic oxidation sites excluding steroid dienone is 6. The predicted octanol–water partition coefficient (Wildman–Crippen LogP) is 3.08. The van der Waals surface area contributed by atoms with E-state index in [1.54, 1.807) is 12.2 Å². The minimum atomic E-state index is -0.244. The molecule has 0 aromatic heterocycles. The van der Waals surface area contributed by atoms with E-state index in [9.17, 15) is 20.1 Å².